The van der Waals surface area contributed by atoms with Crippen LogP contribution in [-0.2, 0) is 0 Å². The van der Waals surface area contributed by atoms with Crippen molar-refractivity contribution in [2.24, 2.45) is 0 Å². The van der Waals surface area contributed by atoms with E-state index in [1.807, 2.05) is 65.2 Å². The molecule has 0 radical (unpaired) electrons. The number of hydrogen-bond acceptors (Lipinski definition) is 2. The smallest absolute Gasteiger partial charge is 0.183 e. The molecule has 0 unspecified atom stereocenters. The molecule has 5 aromatic rings. The summed E-state index contributed by atoms with van der Waals surface area (Å²) in [5, 5.41) is 4.80. The van der Waals surface area contributed by atoms with Crippen LogP contribution in [-0.4, -0.2) is 19.3 Å². The number of rotatable bonds is 3. The van der Waals surface area contributed by atoms with Crippen LogP contribution in [0.4, 0.5) is 4.39 Å². The molecule has 4 nitrogen and oxygen atoms in total. The van der Waals surface area contributed by atoms with Crippen molar-refractivity contribution in [3.8, 4) is 22.8 Å². The van der Waals surface area contributed by atoms with Crippen LogP contribution in [0.2, 0.25) is 0 Å². The van der Waals surface area contributed by atoms with Crippen molar-refractivity contribution >= 4 is 23.3 Å². The fourth-order valence-corrected chi connectivity index (χ4v) is 3.64. The van der Waals surface area contributed by atoms with E-state index in [1.165, 1.54) is 12.1 Å². The summed E-state index contributed by atoms with van der Waals surface area (Å²) in [6, 6.07) is 26.1. The van der Waals surface area contributed by atoms with E-state index in [4.69, 9.17) is 17.3 Å². The second kappa shape index (κ2) is 6.58. The number of fused-ring (bicyclic) bond motifs is 1. The Kier molecular flexibility index (Phi) is 3.91. The summed E-state index contributed by atoms with van der Waals surface area (Å²) < 4.78 is 17.8. The number of aromatic nitrogens is 4. The highest BCUT2D eigenvalue weighted by molar-refractivity contribution is 7.71. The first-order valence-electron chi connectivity index (χ1n) is 8.82. The maximum absolute atomic E-state index is 13.5. The number of nitrogens with zero attached hydrogens (tertiary/aromatic N) is 3. The molecule has 2 aromatic heterocycles. The lowest BCUT2D eigenvalue weighted by atomic mass is 10.1. The van der Waals surface area contributed by atoms with Crippen LogP contribution in [0.25, 0.3) is 33.8 Å². The van der Waals surface area contributed by atoms with Crippen molar-refractivity contribution < 1.29 is 4.39 Å². The molecule has 28 heavy (non-hydrogen) atoms. The highest BCUT2D eigenvalue weighted by Crippen LogP contribution is 2.27. The number of hydrogen-bond donors (Lipinski definition) is 1. The van der Waals surface area contributed by atoms with E-state index in [0.717, 1.165) is 33.8 Å². The van der Waals surface area contributed by atoms with Gasteiger partial charge in [0.1, 0.15) is 11.6 Å². The van der Waals surface area contributed by atoms with Crippen molar-refractivity contribution in [3.05, 3.63) is 95.5 Å². The third-order valence-electron chi connectivity index (χ3n) is 4.65. The standard InChI is InChI=1S/C22H15FN4S/c23-16-10-12-17(13-11-16)27-21(14-19(25-27)15-6-2-1-3-7-15)26-20-9-5-4-8-18(20)24-22(26)28/h1-14H,(H,24,28). The fourth-order valence-electron chi connectivity index (χ4n) is 3.34. The number of H-pyrrole nitrogens is 1. The van der Waals surface area contributed by atoms with Gasteiger partial charge in [0.05, 0.1) is 22.4 Å². The fraction of sp³-hybridized carbons (Fsp3) is 0. The number of imidazole rings is 1. The second-order valence-corrected chi connectivity index (χ2v) is 6.81. The lowest BCUT2D eigenvalue weighted by Crippen LogP contribution is -2.05. The third kappa shape index (κ3) is 2.75. The normalized spacial score (nSPS) is 11.2. The van der Waals surface area contributed by atoms with Gasteiger partial charge in [-0.1, -0.05) is 42.5 Å². The third-order valence-corrected chi connectivity index (χ3v) is 4.93. The Morgan fingerprint density at radius 3 is 2.36 bits per heavy atom. The molecular formula is C22H15FN4S. The Morgan fingerprint density at radius 2 is 1.57 bits per heavy atom. The molecule has 5 rings (SSSR count). The van der Waals surface area contributed by atoms with E-state index in [-0.39, 0.29) is 5.82 Å². The van der Waals surface area contributed by atoms with Crippen molar-refractivity contribution in [1.82, 2.24) is 19.3 Å². The molecule has 0 bridgehead atoms. The predicted octanol–water partition coefficient (Wildman–Crippen LogP) is 5.68. The van der Waals surface area contributed by atoms with E-state index in [9.17, 15) is 4.39 Å². The molecule has 0 amide bonds. The minimum atomic E-state index is -0.288. The van der Waals surface area contributed by atoms with Gasteiger partial charge in [-0.05, 0) is 48.6 Å². The maximum Gasteiger partial charge on any atom is 0.183 e. The van der Waals surface area contributed by atoms with Crippen LogP contribution in [0, 0.1) is 10.6 Å². The first-order chi connectivity index (χ1) is 13.7. The first-order valence-corrected chi connectivity index (χ1v) is 9.23. The highest BCUT2D eigenvalue weighted by Gasteiger charge is 2.16. The molecular weight excluding hydrogens is 371 g/mol. The zero-order valence-corrected chi connectivity index (χ0v) is 15.5. The van der Waals surface area contributed by atoms with Crippen molar-refractivity contribution in [1.29, 1.82) is 0 Å². The lowest BCUT2D eigenvalue weighted by molar-refractivity contribution is 0.627. The molecule has 136 valence electrons. The quantitative estimate of drug-likeness (QED) is 0.405. The molecule has 0 fully saturated rings. The number of halogens is 1. The first kappa shape index (κ1) is 16.6. The van der Waals surface area contributed by atoms with Crippen LogP contribution in [0.15, 0.2) is 84.9 Å². The summed E-state index contributed by atoms with van der Waals surface area (Å²) in [5.41, 5.74) is 4.46. The Balaban J connectivity index is 1.80. The summed E-state index contributed by atoms with van der Waals surface area (Å²) >= 11 is 5.60. The van der Waals surface area contributed by atoms with Crippen LogP contribution >= 0.6 is 12.2 Å². The summed E-state index contributed by atoms with van der Waals surface area (Å²) in [4.78, 5) is 3.24. The van der Waals surface area contributed by atoms with Gasteiger partial charge in [-0.25, -0.2) is 9.07 Å². The zero-order chi connectivity index (χ0) is 19.1. The van der Waals surface area contributed by atoms with Crippen LogP contribution in [0.5, 0.6) is 0 Å². The topological polar surface area (TPSA) is 38.5 Å². The van der Waals surface area contributed by atoms with E-state index >= 15 is 0 Å². The van der Waals surface area contributed by atoms with Gasteiger partial charge in [-0.15, -0.1) is 0 Å². The number of para-hydroxylation sites is 2. The van der Waals surface area contributed by atoms with Gasteiger partial charge in [-0.2, -0.15) is 5.10 Å². The number of aromatic amines is 1. The molecule has 2 heterocycles. The van der Waals surface area contributed by atoms with Gasteiger partial charge in [0.25, 0.3) is 0 Å². The Morgan fingerprint density at radius 1 is 0.857 bits per heavy atom. The summed E-state index contributed by atoms with van der Waals surface area (Å²) in [5.74, 6) is 0.498. The van der Waals surface area contributed by atoms with Crippen molar-refractivity contribution in [3.63, 3.8) is 0 Å². The SMILES string of the molecule is Fc1ccc(-n2nc(-c3ccccc3)cc2-n2c(=S)[nH]c3ccccc32)cc1. The molecule has 0 saturated carbocycles. The van der Waals surface area contributed by atoms with E-state index in [0.29, 0.717) is 4.77 Å². The Labute approximate surface area is 165 Å². The van der Waals surface area contributed by atoms with Gasteiger partial charge < -0.3 is 4.98 Å². The van der Waals surface area contributed by atoms with Gasteiger partial charge >= 0.3 is 0 Å². The summed E-state index contributed by atoms with van der Waals surface area (Å²) in [6.45, 7) is 0. The largest absolute Gasteiger partial charge is 0.330 e. The molecule has 0 aliphatic heterocycles. The minimum absolute atomic E-state index is 0.288. The van der Waals surface area contributed by atoms with Crippen molar-refractivity contribution in [2.45, 2.75) is 0 Å². The second-order valence-electron chi connectivity index (χ2n) is 6.42. The molecule has 6 heteroatoms. The number of benzene rings is 3. The molecule has 0 aliphatic rings. The molecule has 3 aromatic carbocycles. The summed E-state index contributed by atoms with van der Waals surface area (Å²) in [7, 11) is 0. The Hall–Kier alpha value is -3.51. The highest BCUT2D eigenvalue weighted by atomic mass is 32.1. The average Bonchev–Trinajstić information content (AvgIpc) is 3.29. The molecule has 0 atom stereocenters. The minimum Gasteiger partial charge on any atom is -0.330 e. The van der Waals surface area contributed by atoms with E-state index in [1.54, 1.807) is 16.8 Å². The van der Waals surface area contributed by atoms with E-state index in [2.05, 4.69) is 4.98 Å². The number of nitrogens with one attached hydrogen (secondary N) is 1. The molecule has 1 N–H and O–H groups in total. The van der Waals surface area contributed by atoms with Gasteiger partial charge in [0.2, 0.25) is 0 Å². The monoisotopic (exact) mass is 386 g/mol. The lowest BCUT2D eigenvalue weighted by Gasteiger charge is -2.09. The van der Waals surface area contributed by atoms with Crippen LogP contribution in [0.3, 0.4) is 0 Å². The maximum atomic E-state index is 13.5. The van der Waals surface area contributed by atoms with Gasteiger partial charge in [-0.3, -0.25) is 4.57 Å². The molecule has 0 spiro atoms. The van der Waals surface area contributed by atoms with Crippen molar-refractivity contribution in [2.75, 3.05) is 0 Å². The van der Waals surface area contributed by atoms with Gasteiger partial charge in [0.15, 0.2) is 4.77 Å². The Bertz CT molecular complexity index is 1330. The van der Waals surface area contributed by atoms with Gasteiger partial charge in [0, 0.05) is 11.6 Å². The van der Waals surface area contributed by atoms with Crippen LogP contribution in [0.1, 0.15) is 0 Å². The predicted molar refractivity (Wildman–Crippen MR) is 111 cm³/mol. The van der Waals surface area contributed by atoms with E-state index < -0.39 is 0 Å². The average molecular weight is 386 g/mol. The molecule has 0 saturated heterocycles. The van der Waals surface area contributed by atoms with Crippen LogP contribution < -0.4 is 0 Å². The zero-order valence-electron chi connectivity index (χ0n) is 14.7. The molecule has 0 aliphatic carbocycles. The summed E-state index contributed by atoms with van der Waals surface area (Å²) in [6.07, 6.45) is 0.